The monoisotopic (exact) mass is 350 g/mol. The molecule has 26 heavy (non-hydrogen) atoms. The van der Waals surface area contributed by atoms with Crippen LogP contribution in [0.2, 0.25) is 0 Å². The van der Waals surface area contributed by atoms with Crippen molar-refractivity contribution in [3.05, 3.63) is 58.7 Å². The number of rotatable bonds is 2. The van der Waals surface area contributed by atoms with E-state index in [-0.39, 0.29) is 0 Å². The van der Waals surface area contributed by atoms with Crippen LogP contribution >= 0.6 is 0 Å². The van der Waals surface area contributed by atoms with Gasteiger partial charge in [0, 0.05) is 11.4 Å². The van der Waals surface area contributed by atoms with Gasteiger partial charge in [-0.05, 0) is 52.3 Å². The Balaban J connectivity index is 2.05. The number of hydrogen-bond acceptors (Lipinski definition) is 2. The molecule has 140 valence electrons. The van der Waals surface area contributed by atoms with Crippen LogP contribution in [0.25, 0.3) is 0 Å². The summed E-state index contributed by atoms with van der Waals surface area (Å²) in [7, 11) is 0. The molecule has 2 nitrogen and oxygen atoms in total. The van der Waals surface area contributed by atoms with Gasteiger partial charge >= 0.3 is 0 Å². The smallest absolute Gasteiger partial charge is 0.0849 e. The lowest BCUT2D eigenvalue weighted by atomic mass is 9.82. The summed E-state index contributed by atoms with van der Waals surface area (Å²) in [6.07, 6.45) is 1.16. The van der Waals surface area contributed by atoms with Gasteiger partial charge in [-0.3, -0.25) is 0 Å². The van der Waals surface area contributed by atoms with E-state index in [1.54, 1.807) is 0 Å². The van der Waals surface area contributed by atoms with Crippen molar-refractivity contribution in [2.75, 3.05) is 17.3 Å². The molecule has 1 aliphatic rings. The molecule has 0 aliphatic carbocycles. The van der Waals surface area contributed by atoms with E-state index in [0.717, 1.165) is 13.1 Å². The van der Waals surface area contributed by atoms with E-state index < -0.39 is 0 Å². The maximum Gasteiger partial charge on any atom is 0.0849 e. The van der Waals surface area contributed by atoms with Crippen LogP contribution in [-0.4, -0.2) is 6.67 Å². The van der Waals surface area contributed by atoms with Crippen LogP contribution in [0.4, 0.5) is 11.4 Å². The highest BCUT2D eigenvalue weighted by Crippen LogP contribution is 2.41. The first-order valence-electron chi connectivity index (χ1n) is 10.1. The molecule has 3 rings (SSSR count). The third kappa shape index (κ3) is 3.60. The van der Waals surface area contributed by atoms with Gasteiger partial charge < -0.3 is 10.6 Å². The Labute approximate surface area is 159 Å². The topological polar surface area (TPSA) is 24.1 Å². The molecule has 2 aromatic carbocycles. The SMILES string of the molecule is CC(C)c1cccc2c1NCNc1c(C(C)C)cccc1C(C)CC2C. The molecule has 2 aromatic rings. The number of anilines is 2. The minimum absolute atomic E-state index is 0.517. The maximum atomic E-state index is 3.72. The Morgan fingerprint density at radius 1 is 0.731 bits per heavy atom. The number of hydrogen-bond donors (Lipinski definition) is 2. The van der Waals surface area contributed by atoms with Gasteiger partial charge in [0.15, 0.2) is 0 Å². The van der Waals surface area contributed by atoms with Crippen molar-refractivity contribution < 1.29 is 0 Å². The molecule has 0 saturated heterocycles. The molecule has 0 aromatic heterocycles. The first kappa shape index (κ1) is 18.8. The molecular formula is C24H34N2. The summed E-state index contributed by atoms with van der Waals surface area (Å²) in [4.78, 5) is 0. The summed E-state index contributed by atoms with van der Waals surface area (Å²) in [5.41, 5.74) is 8.41. The molecule has 1 heterocycles. The third-order valence-electron chi connectivity index (χ3n) is 5.80. The van der Waals surface area contributed by atoms with Crippen molar-refractivity contribution >= 4 is 11.4 Å². The molecular weight excluding hydrogens is 316 g/mol. The summed E-state index contributed by atoms with van der Waals surface area (Å²) < 4.78 is 0. The van der Waals surface area contributed by atoms with Crippen LogP contribution in [0.15, 0.2) is 36.4 Å². The van der Waals surface area contributed by atoms with Gasteiger partial charge in [0.1, 0.15) is 0 Å². The fraction of sp³-hybridized carbons (Fsp3) is 0.500. The molecule has 2 N–H and O–H groups in total. The van der Waals surface area contributed by atoms with E-state index in [1.165, 1.54) is 33.6 Å². The number of para-hydroxylation sites is 2. The van der Waals surface area contributed by atoms with Gasteiger partial charge in [-0.25, -0.2) is 0 Å². The van der Waals surface area contributed by atoms with Gasteiger partial charge in [0.2, 0.25) is 0 Å². The minimum Gasteiger partial charge on any atom is -0.367 e. The Morgan fingerprint density at radius 3 is 1.54 bits per heavy atom. The van der Waals surface area contributed by atoms with Gasteiger partial charge in [0.05, 0.1) is 6.67 Å². The van der Waals surface area contributed by atoms with Gasteiger partial charge in [-0.1, -0.05) is 77.9 Å². The van der Waals surface area contributed by atoms with Crippen LogP contribution in [0.3, 0.4) is 0 Å². The highest BCUT2D eigenvalue weighted by Gasteiger charge is 2.22. The summed E-state index contributed by atoms with van der Waals surface area (Å²) in [5, 5.41) is 7.45. The standard InChI is InChI=1S/C24H34N2/c1-15(2)19-9-7-11-21-17(5)13-18(6)22-12-8-10-20(16(3)4)24(22)26-14-25-23(19)21/h7-12,15-18,25-26H,13-14H2,1-6H3. The lowest BCUT2D eigenvalue weighted by molar-refractivity contribution is 0.591. The average molecular weight is 351 g/mol. The second-order valence-corrected chi connectivity index (χ2v) is 8.50. The molecule has 2 atom stereocenters. The highest BCUT2D eigenvalue weighted by atomic mass is 15.1. The molecule has 0 amide bonds. The molecule has 0 spiro atoms. The predicted molar refractivity (Wildman–Crippen MR) is 115 cm³/mol. The number of benzene rings is 2. The Kier molecular flexibility index (Phi) is 5.60. The van der Waals surface area contributed by atoms with Crippen LogP contribution in [0, 0.1) is 0 Å². The van der Waals surface area contributed by atoms with Crippen molar-refractivity contribution in [2.45, 2.75) is 71.6 Å². The average Bonchev–Trinajstić information content (AvgIpc) is 2.60. The maximum absolute atomic E-state index is 3.72. The van der Waals surface area contributed by atoms with E-state index in [0.29, 0.717) is 23.7 Å². The minimum atomic E-state index is 0.517. The van der Waals surface area contributed by atoms with Crippen LogP contribution in [0.5, 0.6) is 0 Å². The Morgan fingerprint density at radius 2 is 1.15 bits per heavy atom. The molecule has 2 unspecified atom stereocenters. The first-order valence-corrected chi connectivity index (χ1v) is 10.1. The normalized spacial score (nSPS) is 20.2. The second-order valence-electron chi connectivity index (χ2n) is 8.50. The molecule has 0 fully saturated rings. The fourth-order valence-corrected chi connectivity index (χ4v) is 4.37. The first-order chi connectivity index (χ1) is 12.4. The van der Waals surface area contributed by atoms with Crippen molar-refractivity contribution in [1.82, 2.24) is 0 Å². The highest BCUT2D eigenvalue weighted by molar-refractivity contribution is 5.64. The zero-order chi connectivity index (χ0) is 18.8. The van der Waals surface area contributed by atoms with Crippen LogP contribution in [0.1, 0.15) is 93.9 Å². The van der Waals surface area contributed by atoms with Crippen molar-refractivity contribution in [1.29, 1.82) is 0 Å². The summed E-state index contributed by atoms with van der Waals surface area (Å²) in [6.45, 7) is 14.6. The second kappa shape index (κ2) is 7.73. The number of fused-ring (bicyclic) bond motifs is 2. The number of nitrogens with one attached hydrogen (secondary N) is 2. The zero-order valence-electron chi connectivity index (χ0n) is 17.2. The molecule has 0 bridgehead atoms. The van der Waals surface area contributed by atoms with Crippen molar-refractivity contribution in [2.24, 2.45) is 0 Å². The Hall–Kier alpha value is -1.96. The van der Waals surface area contributed by atoms with Crippen molar-refractivity contribution in [3.8, 4) is 0 Å². The van der Waals surface area contributed by atoms with E-state index in [9.17, 15) is 0 Å². The lowest BCUT2D eigenvalue weighted by Crippen LogP contribution is -2.20. The summed E-state index contributed by atoms with van der Waals surface area (Å²) >= 11 is 0. The lowest BCUT2D eigenvalue weighted by Gasteiger charge is -2.29. The van der Waals surface area contributed by atoms with Crippen LogP contribution < -0.4 is 10.6 Å². The summed E-state index contributed by atoms with van der Waals surface area (Å²) in [5.74, 6) is 2.09. The predicted octanol–water partition coefficient (Wildman–Crippen LogP) is 7.03. The van der Waals surface area contributed by atoms with Gasteiger partial charge in [-0.2, -0.15) is 0 Å². The zero-order valence-corrected chi connectivity index (χ0v) is 17.2. The van der Waals surface area contributed by atoms with Gasteiger partial charge in [-0.15, -0.1) is 0 Å². The Bertz CT molecular complexity index is 697. The van der Waals surface area contributed by atoms with E-state index in [2.05, 4.69) is 88.6 Å². The molecule has 2 heteroatoms. The molecule has 1 aliphatic heterocycles. The van der Waals surface area contributed by atoms with Gasteiger partial charge in [0.25, 0.3) is 0 Å². The summed E-state index contributed by atoms with van der Waals surface area (Å²) in [6, 6.07) is 13.6. The van der Waals surface area contributed by atoms with Crippen molar-refractivity contribution in [3.63, 3.8) is 0 Å². The third-order valence-corrected chi connectivity index (χ3v) is 5.80. The van der Waals surface area contributed by atoms with E-state index in [4.69, 9.17) is 0 Å². The molecule has 0 radical (unpaired) electrons. The quantitative estimate of drug-likeness (QED) is 0.607. The van der Waals surface area contributed by atoms with E-state index in [1.807, 2.05) is 0 Å². The fourth-order valence-electron chi connectivity index (χ4n) is 4.37. The van der Waals surface area contributed by atoms with E-state index >= 15 is 0 Å². The van der Waals surface area contributed by atoms with Crippen LogP contribution in [-0.2, 0) is 0 Å². The largest absolute Gasteiger partial charge is 0.367 e. The molecule has 0 saturated carbocycles.